The Balaban J connectivity index is 2.09. The first-order chi connectivity index (χ1) is 6.49. The van der Waals surface area contributed by atoms with Crippen LogP contribution >= 0.6 is 0 Å². The highest BCUT2D eigenvalue weighted by atomic mass is 32.2. The lowest BCUT2D eigenvalue weighted by Gasteiger charge is -2.15. The minimum Gasteiger partial charge on any atom is -0.377 e. The van der Waals surface area contributed by atoms with Crippen LogP contribution in [0.4, 0.5) is 0 Å². The van der Waals surface area contributed by atoms with Crippen LogP contribution in [0.1, 0.15) is 19.8 Å². The van der Waals surface area contributed by atoms with Gasteiger partial charge in [0, 0.05) is 18.9 Å². The number of sulfone groups is 1. The molecule has 1 N–H and O–H groups in total. The quantitative estimate of drug-likeness (QED) is 0.673. The van der Waals surface area contributed by atoms with Crippen molar-refractivity contribution in [3.63, 3.8) is 0 Å². The molecule has 4 nitrogen and oxygen atoms in total. The van der Waals surface area contributed by atoms with E-state index in [4.69, 9.17) is 4.74 Å². The summed E-state index contributed by atoms with van der Waals surface area (Å²) in [5.41, 5.74) is 0. The Bertz CT molecular complexity index is 263. The van der Waals surface area contributed by atoms with E-state index in [1.54, 1.807) is 0 Å². The Kier molecular flexibility index (Phi) is 4.34. The summed E-state index contributed by atoms with van der Waals surface area (Å²) in [6.45, 7) is 3.61. The molecule has 1 rings (SSSR count). The van der Waals surface area contributed by atoms with Gasteiger partial charge in [0.05, 0.1) is 11.9 Å². The Labute approximate surface area is 85.9 Å². The molecule has 0 amide bonds. The van der Waals surface area contributed by atoms with Crippen molar-refractivity contribution in [1.29, 1.82) is 0 Å². The first-order valence-corrected chi connectivity index (χ1v) is 7.08. The molecule has 0 radical (unpaired) electrons. The second-order valence-corrected chi connectivity index (χ2v) is 6.17. The van der Waals surface area contributed by atoms with Crippen molar-refractivity contribution in [3.05, 3.63) is 0 Å². The van der Waals surface area contributed by atoms with Crippen molar-refractivity contribution >= 4 is 9.84 Å². The molecule has 0 aromatic rings. The van der Waals surface area contributed by atoms with Gasteiger partial charge in [-0.05, 0) is 26.3 Å². The van der Waals surface area contributed by atoms with Crippen LogP contribution in [0, 0.1) is 0 Å². The molecule has 0 aliphatic carbocycles. The molecule has 1 aliphatic rings. The lowest BCUT2D eigenvalue weighted by molar-refractivity contribution is 0.113. The van der Waals surface area contributed by atoms with E-state index < -0.39 is 9.84 Å². The number of hydrogen-bond acceptors (Lipinski definition) is 4. The minimum absolute atomic E-state index is 0.258. The van der Waals surface area contributed by atoms with E-state index in [1.165, 1.54) is 6.26 Å². The van der Waals surface area contributed by atoms with Crippen LogP contribution in [0.25, 0.3) is 0 Å². The van der Waals surface area contributed by atoms with Gasteiger partial charge in [0.1, 0.15) is 9.84 Å². The summed E-state index contributed by atoms with van der Waals surface area (Å²) in [5, 5.41) is 3.31. The van der Waals surface area contributed by atoms with Crippen LogP contribution < -0.4 is 5.32 Å². The highest BCUT2D eigenvalue weighted by molar-refractivity contribution is 7.90. The summed E-state index contributed by atoms with van der Waals surface area (Å²) in [6, 6.07) is 0.398. The van der Waals surface area contributed by atoms with Gasteiger partial charge in [0.2, 0.25) is 0 Å². The number of nitrogens with one attached hydrogen (secondary N) is 1. The van der Waals surface area contributed by atoms with E-state index in [0.717, 1.165) is 19.6 Å². The van der Waals surface area contributed by atoms with Gasteiger partial charge in [0.25, 0.3) is 0 Å². The molecule has 0 aromatic heterocycles. The SMILES string of the molecule is CC1OCCC1NCCCS(C)(=O)=O. The van der Waals surface area contributed by atoms with E-state index in [1.807, 2.05) is 6.92 Å². The van der Waals surface area contributed by atoms with Gasteiger partial charge in [-0.1, -0.05) is 0 Å². The number of hydrogen-bond donors (Lipinski definition) is 1. The predicted octanol–water partition coefficient (Wildman–Crippen LogP) is 0.188. The standard InChI is InChI=1S/C9H19NO3S/c1-8-9(4-6-13-8)10-5-3-7-14(2,11)12/h8-10H,3-7H2,1-2H3. The maximum absolute atomic E-state index is 10.8. The van der Waals surface area contributed by atoms with Crippen LogP contribution in [-0.2, 0) is 14.6 Å². The maximum atomic E-state index is 10.8. The van der Waals surface area contributed by atoms with E-state index in [9.17, 15) is 8.42 Å². The van der Waals surface area contributed by atoms with Crippen LogP contribution in [0.2, 0.25) is 0 Å². The fraction of sp³-hybridized carbons (Fsp3) is 1.00. The molecule has 5 heteroatoms. The van der Waals surface area contributed by atoms with Gasteiger partial charge in [-0.25, -0.2) is 8.42 Å². The molecular weight excluding hydrogens is 202 g/mol. The minimum atomic E-state index is -2.80. The predicted molar refractivity (Wildman–Crippen MR) is 56.1 cm³/mol. The van der Waals surface area contributed by atoms with Crippen LogP contribution in [-0.4, -0.2) is 45.7 Å². The Morgan fingerprint density at radius 1 is 1.50 bits per heavy atom. The Morgan fingerprint density at radius 3 is 2.71 bits per heavy atom. The Hall–Kier alpha value is -0.130. The fourth-order valence-electron chi connectivity index (χ4n) is 1.62. The molecule has 2 atom stereocenters. The molecule has 0 bridgehead atoms. The van der Waals surface area contributed by atoms with Gasteiger partial charge in [-0.2, -0.15) is 0 Å². The van der Waals surface area contributed by atoms with Gasteiger partial charge < -0.3 is 10.1 Å². The second kappa shape index (κ2) is 5.09. The van der Waals surface area contributed by atoms with Crippen molar-refractivity contribution in [2.24, 2.45) is 0 Å². The summed E-state index contributed by atoms with van der Waals surface area (Å²) < 4.78 is 27.1. The largest absolute Gasteiger partial charge is 0.377 e. The molecule has 0 saturated carbocycles. The monoisotopic (exact) mass is 221 g/mol. The first kappa shape index (κ1) is 11.9. The molecule has 1 fully saturated rings. The third kappa shape index (κ3) is 4.39. The van der Waals surface area contributed by atoms with Crippen LogP contribution in [0.5, 0.6) is 0 Å². The summed E-state index contributed by atoms with van der Waals surface area (Å²) in [5.74, 6) is 0.266. The van der Waals surface area contributed by atoms with Gasteiger partial charge in [0.15, 0.2) is 0 Å². The average molecular weight is 221 g/mol. The first-order valence-electron chi connectivity index (χ1n) is 5.02. The second-order valence-electron chi connectivity index (χ2n) is 3.91. The van der Waals surface area contributed by atoms with Crippen molar-refractivity contribution in [2.45, 2.75) is 31.9 Å². The zero-order chi connectivity index (χ0) is 10.6. The summed E-state index contributed by atoms with van der Waals surface area (Å²) >= 11 is 0. The van der Waals surface area contributed by atoms with Gasteiger partial charge in [-0.15, -0.1) is 0 Å². The summed E-state index contributed by atoms with van der Waals surface area (Å²) in [6.07, 6.45) is 3.24. The van der Waals surface area contributed by atoms with Gasteiger partial charge in [-0.3, -0.25) is 0 Å². The van der Waals surface area contributed by atoms with Crippen molar-refractivity contribution in [1.82, 2.24) is 5.32 Å². The third-order valence-electron chi connectivity index (χ3n) is 2.47. The molecule has 0 spiro atoms. The highest BCUT2D eigenvalue weighted by Crippen LogP contribution is 2.12. The van der Waals surface area contributed by atoms with Gasteiger partial charge >= 0.3 is 0 Å². The lowest BCUT2D eigenvalue weighted by atomic mass is 10.1. The summed E-state index contributed by atoms with van der Waals surface area (Å²) in [7, 11) is -2.80. The van der Waals surface area contributed by atoms with E-state index in [0.29, 0.717) is 12.5 Å². The lowest BCUT2D eigenvalue weighted by Crippen LogP contribution is -2.35. The van der Waals surface area contributed by atoms with Crippen LogP contribution in [0.3, 0.4) is 0 Å². The summed E-state index contributed by atoms with van der Waals surface area (Å²) in [4.78, 5) is 0. The molecule has 1 heterocycles. The zero-order valence-electron chi connectivity index (χ0n) is 8.82. The molecule has 2 unspecified atom stereocenters. The van der Waals surface area contributed by atoms with E-state index in [2.05, 4.69) is 5.32 Å². The van der Waals surface area contributed by atoms with E-state index in [-0.39, 0.29) is 11.9 Å². The number of ether oxygens (including phenoxy) is 1. The molecule has 14 heavy (non-hydrogen) atoms. The third-order valence-corrected chi connectivity index (χ3v) is 3.50. The average Bonchev–Trinajstić information content (AvgIpc) is 2.44. The van der Waals surface area contributed by atoms with Crippen molar-refractivity contribution in [3.8, 4) is 0 Å². The number of rotatable bonds is 5. The maximum Gasteiger partial charge on any atom is 0.147 e. The molecule has 1 aliphatic heterocycles. The molecule has 84 valence electrons. The topological polar surface area (TPSA) is 55.4 Å². The van der Waals surface area contributed by atoms with Crippen molar-refractivity contribution in [2.75, 3.05) is 25.2 Å². The van der Waals surface area contributed by atoms with Crippen LogP contribution in [0.15, 0.2) is 0 Å². The Morgan fingerprint density at radius 2 is 2.21 bits per heavy atom. The fourth-order valence-corrected chi connectivity index (χ4v) is 2.29. The van der Waals surface area contributed by atoms with E-state index >= 15 is 0 Å². The van der Waals surface area contributed by atoms with Crippen molar-refractivity contribution < 1.29 is 13.2 Å². The highest BCUT2D eigenvalue weighted by Gasteiger charge is 2.22. The normalized spacial score (nSPS) is 28.1. The molecule has 1 saturated heterocycles. The molecule has 0 aromatic carbocycles. The smallest absolute Gasteiger partial charge is 0.147 e. The molecular formula is C9H19NO3S. The zero-order valence-corrected chi connectivity index (χ0v) is 9.64.